The van der Waals surface area contributed by atoms with E-state index in [2.05, 4.69) is 26.2 Å². The number of aryl methyl sites for hydroxylation is 2. The first-order valence-corrected chi connectivity index (χ1v) is 12.3. The number of carbonyl (C=O) groups is 1. The zero-order valence-corrected chi connectivity index (χ0v) is 22.6. The van der Waals surface area contributed by atoms with Crippen molar-refractivity contribution < 1.29 is 9.72 Å². The molecule has 0 fully saturated rings. The molecule has 0 unspecified atom stereocenters. The van der Waals surface area contributed by atoms with E-state index in [1.807, 2.05) is 44.2 Å². The van der Waals surface area contributed by atoms with Crippen molar-refractivity contribution in [3.05, 3.63) is 93.5 Å². The van der Waals surface area contributed by atoms with Crippen LogP contribution in [0.25, 0.3) is 0 Å². The van der Waals surface area contributed by atoms with Crippen LogP contribution in [-0.4, -0.2) is 25.9 Å². The molecule has 0 saturated carbocycles. The van der Waals surface area contributed by atoms with Crippen LogP contribution in [-0.2, 0) is 0 Å². The Morgan fingerprint density at radius 2 is 1.70 bits per heavy atom. The number of anilines is 1. The van der Waals surface area contributed by atoms with Crippen LogP contribution >= 0.6 is 47.0 Å². The van der Waals surface area contributed by atoms with E-state index in [0.29, 0.717) is 11.4 Å². The number of amides is 1. The average molecular weight is 580 g/mol. The summed E-state index contributed by atoms with van der Waals surface area (Å²) in [5.74, 6) is -0.699. The molecule has 0 saturated heterocycles. The fourth-order valence-electron chi connectivity index (χ4n) is 3.10. The van der Waals surface area contributed by atoms with Gasteiger partial charge in [-0.25, -0.2) is 0 Å². The summed E-state index contributed by atoms with van der Waals surface area (Å²) in [6, 6.07) is 18.2. The summed E-state index contributed by atoms with van der Waals surface area (Å²) in [7, 11) is 0. The van der Waals surface area contributed by atoms with E-state index in [1.165, 1.54) is 18.2 Å². The van der Waals surface area contributed by atoms with E-state index >= 15 is 0 Å². The zero-order chi connectivity index (χ0) is 27.2. The van der Waals surface area contributed by atoms with Crippen molar-refractivity contribution in [2.45, 2.75) is 23.8 Å². The summed E-state index contributed by atoms with van der Waals surface area (Å²) in [6.07, 6.45) is -1.26. The van der Waals surface area contributed by atoms with Gasteiger partial charge in [0.1, 0.15) is 6.17 Å². The number of carbonyl (C=O) groups excluding carboxylic acids is 1. The van der Waals surface area contributed by atoms with Crippen LogP contribution in [0.3, 0.4) is 0 Å². The number of thiocarbonyl (C=S) groups is 1. The Morgan fingerprint density at radius 3 is 2.35 bits per heavy atom. The lowest BCUT2D eigenvalue weighted by Crippen LogP contribution is -2.56. The second-order valence-corrected chi connectivity index (χ2v) is 10.6. The number of non-ortho nitro benzene ring substituents is 1. The third-order valence-electron chi connectivity index (χ3n) is 5.04. The van der Waals surface area contributed by atoms with Gasteiger partial charge in [0, 0.05) is 23.4 Å². The fourth-order valence-corrected chi connectivity index (χ4v) is 3.66. The lowest BCUT2D eigenvalue weighted by Gasteiger charge is -2.28. The number of nitro benzene ring substituents is 1. The van der Waals surface area contributed by atoms with E-state index in [4.69, 9.17) is 47.0 Å². The second-order valence-electron chi connectivity index (χ2n) is 7.84. The van der Waals surface area contributed by atoms with Gasteiger partial charge in [-0.1, -0.05) is 59.1 Å². The van der Waals surface area contributed by atoms with Gasteiger partial charge in [-0.2, -0.15) is 10.2 Å². The summed E-state index contributed by atoms with van der Waals surface area (Å²) >= 11 is 23.5. The molecule has 3 aromatic rings. The van der Waals surface area contributed by atoms with Gasteiger partial charge in [0.2, 0.25) is 3.79 Å². The summed E-state index contributed by atoms with van der Waals surface area (Å²) in [5, 5.41) is 27.9. The third kappa shape index (κ3) is 8.09. The minimum absolute atomic E-state index is 0.0143. The molecule has 0 radical (unpaired) electrons. The van der Waals surface area contributed by atoms with Crippen molar-refractivity contribution >= 4 is 80.8 Å². The lowest BCUT2D eigenvalue weighted by atomic mass is 10.2. The maximum atomic E-state index is 12.7. The number of rotatable bonds is 7. The summed E-state index contributed by atoms with van der Waals surface area (Å²) in [4.78, 5) is 23.0. The number of hydrogen-bond acceptors (Lipinski definition) is 6. The van der Waals surface area contributed by atoms with E-state index in [-0.39, 0.29) is 16.4 Å². The Balaban J connectivity index is 1.68. The van der Waals surface area contributed by atoms with Gasteiger partial charge in [0.05, 0.1) is 16.3 Å². The van der Waals surface area contributed by atoms with Crippen LogP contribution in [0.1, 0.15) is 21.5 Å². The number of azo groups is 1. The Kier molecular flexibility index (Phi) is 9.39. The van der Waals surface area contributed by atoms with Crippen molar-refractivity contribution in [3.8, 4) is 0 Å². The Bertz CT molecular complexity index is 1360. The van der Waals surface area contributed by atoms with Gasteiger partial charge in [0.25, 0.3) is 11.6 Å². The number of alkyl halides is 3. The molecule has 0 heterocycles. The molecular weight excluding hydrogens is 559 g/mol. The van der Waals surface area contributed by atoms with E-state index in [1.54, 1.807) is 12.1 Å². The molecule has 0 aliphatic heterocycles. The first kappa shape index (κ1) is 28.3. The zero-order valence-electron chi connectivity index (χ0n) is 19.5. The predicted molar refractivity (Wildman–Crippen MR) is 151 cm³/mol. The number of nitro groups is 1. The SMILES string of the molecule is Cc1ccccc1N=Nc1ccc(NC(=S)N[C@H](NC(=O)c2cccc([N+](=O)[O-])c2)C(Cl)(Cl)Cl)c(C)c1. The first-order chi connectivity index (χ1) is 17.4. The van der Waals surface area contributed by atoms with Crippen molar-refractivity contribution in [2.24, 2.45) is 10.2 Å². The van der Waals surface area contributed by atoms with Crippen LogP contribution in [0.4, 0.5) is 22.7 Å². The lowest BCUT2D eigenvalue weighted by molar-refractivity contribution is -0.384. The van der Waals surface area contributed by atoms with Gasteiger partial charge in [0.15, 0.2) is 5.11 Å². The highest BCUT2D eigenvalue weighted by molar-refractivity contribution is 7.80. The molecule has 1 atom stereocenters. The summed E-state index contributed by atoms with van der Waals surface area (Å²) in [5.41, 5.74) is 3.67. The number of nitrogens with one attached hydrogen (secondary N) is 3. The molecule has 3 N–H and O–H groups in total. The van der Waals surface area contributed by atoms with Gasteiger partial charge in [-0.3, -0.25) is 14.9 Å². The molecule has 3 aromatic carbocycles. The van der Waals surface area contributed by atoms with Crippen molar-refractivity contribution in [3.63, 3.8) is 0 Å². The normalized spacial score (nSPS) is 12.1. The molecule has 3 rings (SSSR count). The molecule has 0 aliphatic rings. The molecule has 0 spiro atoms. The Labute approximate surface area is 233 Å². The van der Waals surface area contributed by atoms with Gasteiger partial charge < -0.3 is 16.0 Å². The van der Waals surface area contributed by atoms with E-state index in [0.717, 1.165) is 22.9 Å². The fraction of sp³-hybridized carbons (Fsp3) is 0.167. The van der Waals surface area contributed by atoms with E-state index < -0.39 is 20.8 Å². The highest BCUT2D eigenvalue weighted by Crippen LogP contribution is 2.30. The van der Waals surface area contributed by atoms with E-state index in [9.17, 15) is 14.9 Å². The largest absolute Gasteiger partial charge is 0.339 e. The third-order valence-corrected chi connectivity index (χ3v) is 5.92. The van der Waals surface area contributed by atoms with Gasteiger partial charge in [-0.05, 0) is 67.5 Å². The standard InChI is InChI=1S/C24H21Cl3N6O3S/c1-14-6-3-4-9-20(14)32-31-17-10-11-19(15(2)12-17)28-23(37)30-22(24(25,26)27)29-21(34)16-7-5-8-18(13-16)33(35)36/h3-13,22H,1-2H3,(H,29,34)(H2,28,30,37)/t22-/m0/s1. The molecule has 13 heteroatoms. The van der Waals surface area contributed by atoms with Gasteiger partial charge >= 0.3 is 0 Å². The average Bonchev–Trinajstić information content (AvgIpc) is 2.84. The maximum absolute atomic E-state index is 12.7. The maximum Gasteiger partial charge on any atom is 0.270 e. The molecule has 9 nitrogen and oxygen atoms in total. The van der Waals surface area contributed by atoms with Crippen LogP contribution < -0.4 is 16.0 Å². The first-order valence-electron chi connectivity index (χ1n) is 10.7. The number of hydrogen-bond donors (Lipinski definition) is 3. The molecule has 0 bridgehead atoms. The molecule has 0 aliphatic carbocycles. The molecular formula is C24H21Cl3N6O3S. The van der Waals surface area contributed by atoms with Gasteiger partial charge in [-0.15, -0.1) is 0 Å². The second kappa shape index (κ2) is 12.3. The van der Waals surface area contributed by atoms with Crippen molar-refractivity contribution in [2.75, 3.05) is 5.32 Å². The minimum Gasteiger partial charge on any atom is -0.339 e. The Morgan fingerprint density at radius 1 is 0.973 bits per heavy atom. The highest BCUT2D eigenvalue weighted by atomic mass is 35.6. The topological polar surface area (TPSA) is 121 Å². The smallest absolute Gasteiger partial charge is 0.270 e. The van der Waals surface area contributed by atoms with Crippen molar-refractivity contribution in [1.29, 1.82) is 0 Å². The number of nitrogens with zero attached hydrogens (tertiary/aromatic N) is 3. The minimum atomic E-state index is -2.00. The molecule has 192 valence electrons. The number of halogens is 3. The number of benzene rings is 3. The highest BCUT2D eigenvalue weighted by Gasteiger charge is 2.35. The molecule has 37 heavy (non-hydrogen) atoms. The molecule has 1 amide bonds. The van der Waals surface area contributed by atoms with Crippen molar-refractivity contribution in [1.82, 2.24) is 10.6 Å². The van der Waals surface area contributed by atoms with Crippen LogP contribution in [0.5, 0.6) is 0 Å². The molecule has 0 aromatic heterocycles. The van der Waals surface area contributed by atoms with Crippen LogP contribution in [0, 0.1) is 24.0 Å². The Hall–Kier alpha value is -3.31. The monoisotopic (exact) mass is 578 g/mol. The van der Waals surface area contributed by atoms with Crippen LogP contribution in [0.2, 0.25) is 0 Å². The predicted octanol–water partition coefficient (Wildman–Crippen LogP) is 7.04. The summed E-state index contributed by atoms with van der Waals surface area (Å²) in [6.45, 7) is 3.81. The van der Waals surface area contributed by atoms with Crippen LogP contribution in [0.15, 0.2) is 77.0 Å². The summed E-state index contributed by atoms with van der Waals surface area (Å²) < 4.78 is -2.00. The quantitative estimate of drug-likeness (QED) is 0.0689.